The van der Waals surface area contributed by atoms with Crippen LogP contribution in [0.1, 0.15) is 89.5 Å². The van der Waals surface area contributed by atoms with E-state index >= 15 is 8.78 Å². The van der Waals surface area contributed by atoms with Gasteiger partial charge in [0.15, 0.2) is 23.3 Å². The molecule has 11 heteroatoms. The third-order valence-electron chi connectivity index (χ3n) is 9.68. The second-order valence-corrected chi connectivity index (χ2v) is 12.9. The van der Waals surface area contributed by atoms with Crippen molar-refractivity contribution in [3.63, 3.8) is 0 Å². The fourth-order valence-electron chi connectivity index (χ4n) is 7.04. The maximum absolute atomic E-state index is 15.8. The van der Waals surface area contributed by atoms with Crippen molar-refractivity contribution in [2.45, 2.75) is 76.0 Å². The van der Waals surface area contributed by atoms with Gasteiger partial charge >= 0.3 is 5.97 Å². The number of halogens is 5. The lowest BCUT2D eigenvalue weighted by molar-refractivity contribution is -0.120. The number of benzene rings is 4. The number of ether oxygens (including phenoxy) is 1. The Labute approximate surface area is 286 Å². The lowest BCUT2D eigenvalue weighted by Gasteiger charge is -2.35. The zero-order chi connectivity index (χ0) is 35.4. The number of amides is 1. The molecule has 1 saturated carbocycles. The number of carboxylic acid groups (broad SMARTS) is 1. The number of carbonyl (C=O) groups excluding carboxylic acids is 1. The van der Waals surface area contributed by atoms with Crippen molar-refractivity contribution in [2.24, 2.45) is 0 Å². The number of hydrogen-bond donors (Lipinski definition) is 2. The minimum absolute atomic E-state index is 0.0375. The van der Waals surface area contributed by atoms with Gasteiger partial charge in [0.1, 0.15) is 17.9 Å². The number of carbonyl (C=O) groups is 2. The minimum atomic E-state index is -2.31. The molecule has 0 aromatic heterocycles. The van der Waals surface area contributed by atoms with Gasteiger partial charge in [0.05, 0.1) is 17.6 Å². The zero-order valence-corrected chi connectivity index (χ0v) is 27.2. The van der Waals surface area contributed by atoms with E-state index in [4.69, 9.17) is 4.74 Å². The van der Waals surface area contributed by atoms with Gasteiger partial charge in [-0.1, -0.05) is 73.9 Å². The molecule has 0 spiro atoms. The van der Waals surface area contributed by atoms with Crippen LogP contribution in [-0.2, 0) is 17.8 Å². The van der Waals surface area contributed by atoms with Crippen molar-refractivity contribution in [3.8, 4) is 5.75 Å². The molecular formula is C39H37F5N2O4. The van der Waals surface area contributed by atoms with Crippen LogP contribution >= 0.6 is 0 Å². The van der Waals surface area contributed by atoms with Crippen molar-refractivity contribution in [3.05, 3.63) is 130 Å². The molecule has 1 heterocycles. The molecule has 50 heavy (non-hydrogen) atoms. The highest BCUT2D eigenvalue weighted by atomic mass is 19.2. The van der Waals surface area contributed by atoms with Crippen molar-refractivity contribution in [1.29, 1.82) is 0 Å². The molecule has 6 rings (SSSR count). The first-order chi connectivity index (χ1) is 24.1. The second-order valence-electron chi connectivity index (χ2n) is 12.9. The Balaban J connectivity index is 1.48. The normalized spacial score (nSPS) is 17.0. The Morgan fingerprint density at radius 3 is 2.06 bits per heavy atom. The summed E-state index contributed by atoms with van der Waals surface area (Å²) in [6, 6.07) is 17.4. The summed E-state index contributed by atoms with van der Waals surface area (Å²) in [6.07, 6.45) is 6.11. The van der Waals surface area contributed by atoms with Gasteiger partial charge in [-0.15, -0.1) is 0 Å². The summed E-state index contributed by atoms with van der Waals surface area (Å²) >= 11 is 0. The number of anilines is 1. The maximum Gasteiger partial charge on any atom is 0.339 e. The number of carboxylic acids is 1. The van der Waals surface area contributed by atoms with Gasteiger partial charge in [-0.2, -0.15) is 0 Å². The molecule has 262 valence electrons. The van der Waals surface area contributed by atoms with E-state index in [1.165, 1.54) is 24.6 Å². The predicted molar refractivity (Wildman–Crippen MR) is 178 cm³/mol. The summed E-state index contributed by atoms with van der Waals surface area (Å²) in [4.78, 5) is 27.6. The van der Waals surface area contributed by atoms with Crippen LogP contribution in [0.4, 0.5) is 27.6 Å². The van der Waals surface area contributed by atoms with E-state index in [1.54, 1.807) is 42.5 Å². The van der Waals surface area contributed by atoms with E-state index in [0.29, 0.717) is 36.4 Å². The molecule has 1 aliphatic heterocycles. The van der Waals surface area contributed by atoms with Crippen LogP contribution in [0.2, 0.25) is 0 Å². The number of rotatable bonds is 11. The third kappa shape index (κ3) is 7.38. The fraction of sp³-hybridized carbons (Fsp3) is 0.333. The van der Waals surface area contributed by atoms with Gasteiger partial charge in [-0.25, -0.2) is 26.7 Å². The van der Waals surface area contributed by atoms with E-state index in [-0.39, 0.29) is 30.0 Å². The van der Waals surface area contributed by atoms with E-state index in [2.05, 4.69) is 5.32 Å². The summed E-state index contributed by atoms with van der Waals surface area (Å²) < 4.78 is 81.4. The number of nitrogens with zero attached hydrogens (tertiary/aromatic N) is 1. The Hall–Kier alpha value is -4.77. The van der Waals surface area contributed by atoms with Crippen LogP contribution in [0, 0.1) is 29.1 Å². The van der Waals surface area contributed by atoms with Crippen molar-refractivity contribution >= 4 is 17.6 Å². The first kappa shape index (κ1) is 35.1. The first-order valence-corrected chi connectivity index (χ1v) is 16.8. The molecule has 0 bridgehead atoms. The van der Waals surface area contributed by atoms with E-state index in [9.17, 15) is 27.9 Å². The van der Waals surface area contributed by atoms with Crippen LogP contribution in [-0.4, -0.2) is 29.6 Å². The Morgan fingerprint density at radius 1 is 0.780 bits per heavy atom. The lowest BCUT2D eigenvalue weighted by atomic mass is 9.83. The predicted octanol–water partition coefficient (Wildman–Crippen LogP) is 8.78. The lowest BCUT2D eigenvalue weighted by Crippen LogP contribution is -2.46. The second kappa shape index (κ2) is 15.4. The highest BCUT2D eigenvalue weighted by Crippen LogP contribution is 2.40. The van der Waals surface area contributed by atoms with Gasteiger partial charge in [0.2, 0.25) is 11.7 Å². The van der Waals surface area contributed by atoms with E-state index in [1.807, 2.05) is 12.1 Å². The van der Waals surface area contributed by atoms with E-state index in [0.717, 1.165) is 36.1 Å². The Kier molecular flexibility index (Phi) is 10.8. The van der Waals surface area contributed by atoms with Gasteiger partial charge in [-0.3, -0.25) is 4.79 Å². The van der Waals surface area contributed by atoms with Crippen LogP contribution in [0.15, 0.2) is 72.8 Å². The van der Waals surface area contributed by atoms with Gasteiger partial charge in [0.25, 0.3) is 0 Å². The summed E-state index contributed by atoms with van der Waals surface area (Å²) in [5.74, 6) is -12.5. The molecule has 2 fully saturated rings. The molecule has 6 nitrogen and oxygen atoms in total. The quantitative estimate of drug-likeness (QED) is 0.0934. The van der Waals surface area contributed by atoms with Crippen LogP contribution in [0.25, 0.3) is 0 Å². The molecule has 1 aliphatic carbocycles. The molecule has 1 saturated heterocycles. The molecule has 4 aromatic rings. The van der Waals surface area contributed by atoms with Gasteiger partial charge < -0.3 is 20.1 Å². The monoisotopic (exact) mass is 692 g/mol. The molecule has 1 amide bonds. The van der Waals surface area contributed by atoms with Gasteiger partial charge in [-0.05, 0) is 73.4 Å². The highest BCUT2D eigenvalue weighted by molar-refractivity contribution is 5.99. The number of hydrogen-bond acceptors (Lipinski definition) is 4. The average Bonchev–Trinajstić information content (AvgIpc) is 3.69. The van der Waals surface area contributed by atoms with E-state index < -0.39 is 58.6 Å². The molecule has 2 atom stereocenters. The largest absolute Gasteiger partial charge is 0.488 e. The average molecular weight is 693 g/mol. The molecule has 0 radical (unpaired) electrons. The topological polar surface area (TPSA) is 78.9 Å². The van der Waals surface area contributed by atoms with Gasteiger partial charge in [0, 0.05) is 11.8 Å². The van der Waals surface area contributed by atoms with Crippen LogP contribution in [0.5, 0.6) is 5.75 Å². The Bertz CT molecular complexity index is 1810. The summed E-state index contributed by atoms with van der Waals surface area (Å²) in [6.45, 7) is 0.431. The number of nitrogens with one attached hydrogen (secondary N) is 1. The summed E-state index contributed by atoms with van der Waals surface area (Å²) in [7, 11) is 0. The zero-order valence-electron chi connectivity index (χ0n) is 27.2. The molecule has 4 aromatic carbocycles. The molecule has 2 aliphatic rings. The minimum Gasteiger partial charge on any atom is -0.488 e. The van der Waals surface area contributed by atoms with Crippen molar-refractivity contribution in [1.82, 2.24) is 5.32 Å². The van der Waals surface area contributed by atoms with Crippen LogP contribution in [0.3, 0.4) is 0 Å². The summed E-state index contributed by atoms with van der Waals surface area (Å²) in [5.41, 5.74) is 0.852. The summed E-state index contributed by atoms with van der Waals surface area (Å²) in [5, 5.41) is 13.0. The highest BCUT2D eigenvalue weighted by Gasteiger charge is 2.39. The standard InChI is InChI=1S/C39H37F5N2O4/c40-33-32(34(41)36(43)37(44)35(33)42)30(20-23-13-15-26(16-14-23)25-10-5-2-6-11-25)46(38(47)29-12-7-19-45-29)27-17-18-28(39(48)49)31(21-27)50-22-24-8-3-1-4-9-24/h1,3-4,8-9,13-18,21,25,29-30,45H,2,5-7,10-12,19-20,22H2,(H,48,49)/t29-,30-/m1/s1. The van der Waals surface area contributed by atoms with Crippen LogP contribution < -0.4 is 15.0 Å². The first-order valence-electron chi connectivity index (χ1n) is 16.8. The fourth-order valence-corrected chi connectivity index (χ4v) is 7.04. The smallest absolute Gasteiger partial charge is 0.339 e. The Morgan fingerprint density at radius 2 is 1.44 bits per heavy atom. The van der Waals surface area contributed by atoms with Crippen molar-refractivity contribution < 1.29 is 41.4 Å². The molecule has 0 unspecified atom stereocenters. The molecular weight excluding hydrogens is 655 g/mol. The molecule has 2 N–H and O–H groups in total. The third-order valence-corrected chi connectivity index (χ3v) is 9.68. The maximum atomic E-state index is 15.8. The van der Waals surface area contributed by atoms with Crippen molar-refractivity contribution in [2.75, 3.05) is 11.4 Å². The SMILES string of the molecule is O=C(O)c1ccc(N(C(=O)[C@H]2CCCN2)[C@H](Cc2ccc(C3CCCCC3)cc2)c2c(F)c(F)c(F)c(F)c2F)cc1OCc1ccccc1. The number of aromatic carboxylic acids is 1.